The van der Waals surface area contributed by atoms with Crippen molar-refractivity contribution in [1.82, 2.24) is 9.97 Å². The van der Waals surface area contributed by atoms with E-state index in [0.717, 1.165) is 39.8 Å². The van der Waals surface area contributed by atoms with Crippen molar-refractivity contribution in [3.8, 4) is 22.5 Å². The van der Waals surface area contributed by atoms with Crippen molar-refractivity contribution in [3.05, 3.63) is 151 Å². The Morgan fingerprint density at radius 1 is 0.426 bits per heavy atom. The maximum absolute atomic E-state index is 5.37. The number of nitrogens with zero attached hydrogens (tertiary/aromatic N) is 3. The van der Waals surface area contributed by atoms with Crippen molar-refractivity contribution >= 4 is 80.3 Å². The molecule has 4 aromatic heterocycles. The molecular weight excluding hydrogens is 611 g/mol. The van der Waals surface area contributed by atoms with Crippen molar-refractivity contribution in [1.29, 1.82) is 0 Å². The second-order valence-corrected chi connectivity index (χ2v) is 14.0. The maximum Gasteiger partial charge on any atom is 0.139 e. The molecule has 0 aliphatic heterocycles. The molecule has 4 heterocycles. The van der Waals surface area contributed by atoms with Gasteiger partial charge in [0.2, 0.25) is 0 Å². The van der Waals surface area contributed by atoms with Crippen LogP contribution in [0.25, 0.3) is 62.9 Å². The summed E-state index contributed by atoms with van der Waals surface area (Å²) in [6.07, 6.45) is 0. The van der Waals surface area contributed by atoms with Crippen LogP contribution in [0.2, 0.25) is 0 Å². The topological polar surface area (TPSA) is 29.0 Å². The molecule has 5 aromatic carbocycles. The second-order valence-electron chi connectivity index (χ2n) is 11.9. The summed E-state index contributed by atoms with van der Waals surface area (Å²) in [4.78, 5) is 13.0. The number of hydrogen-bond acceptors (Lipinski definition) is 5. The molecule has 5 heteroatoms. The van der Waals surface area contributed by atoms with E-state index in [4.69, 9.17) is 9.97 Å². The standard InChI is InChI=1S/C42H29N3S2/c1-26-12-7-13-27(2)40(26)45(38-24-10-20-34(43-38)32-18-8-16-30-28-14-3-5-22-36(28)46-41(30)32)39-25-11-21-35(44-39)33-19-9-17-31-29-15-4-6-23-37(29)47-42(31)33/h3-25H,1-2H3. The lowest BCUT2D eigenvalue weighted by Gasteiger charge is -2.27. The van der Waals surface area contributed by atoms with Crippen LogP contribution < -0.4 is 4.90 Å². The normalized spacial score (nSPS) is 11.6. The van der Waals surface area contributed by atoms with Gasteiger partial charge in [0.05, 0.1) is 17.1 Å². The van der Waals surface area contributed by atoms with Gasteiger partial charge >= 0.3 is 0 Å². The minimum absolute atomic E-state index is 0.836. The van der Waals surface area contributed by atoms with Crippen molar-refractivity contribution in [2.24, 2.45) is 0 Å². The molecule has 9 aromatic rings. The Kier molecular flexibility index (Phi) is 6.63. The predicted octanol–water partition coefficient (Wildman–Crippen LogP) is 12.6. The molecule has 0 radical (unpaired) electrons. The van der Waals surface area contributed by atoms with Crippen LogP contribution >= 0.6 is 22.7 Å². The average Bonchev–Trinajstić information content (AvgIpc) is 3.69. The van der Waals surface area contributed by atoms with Gasteiger partial charge in [-0.05, 0) is 61.4 Å². The van der Waals surface area contributed by atoms with Gasteiger partial charge < -0.3 is 0 Å². The number of hydrogen-bond donors (Lipinski definition) is 0. The lowest BCUT2D eigenvalue weighted by atomic mass is 10.1. The third kappa shape index (κ3) is 4.62. The molecule has 0 spiro atoms. The molecule has 9 rings (SSSR count). The summed E-state index contributed by atoms with van der Waals surface area (Å²) in [6, 6.07) is 49.5. The van der Waals surface area contributed by atoms with Crippen LogP contribution in [-0.2, 0) is 0 Å². The number of fused-ring (bicyclic) bond motifs is 6. The molecule has 0 atom stereocenters. The van der Waals surface area contributed by atoms with Gasteiger partial charge in [-0.2, -0.15) is 0 Å². The van der Waals surface area contributed by atoms with Gasteiger partial charge in [-0.15, -0.1) is 22.7 Å². The zero-order valence-corrected chi connectivity index (χ0v) is 27.6. The van der Waals surface area contributed by atoms with E-state index >= 15 is 0 Å². The van der Waals surface area contributed by atoms with Crippen LogP contribution in [0.4, 0.5) is 17.3 Å². The molecule has 224 valence electrons. The summed E-state index contributed by atoms with van der Waals surface area (Å²) in [5, 5.41) is 5.12. The molecule has 0 unspecified atom stereocenters. The van der Waals surface area contributed by atoms with Gasteiger partial charge in [0.15, 0.2) is 0 Å². The fourth-order valence-electron chi connectivity index (χ4n) is 6.80. The first kappa shape index (κ1) is 27.9. The number of pyridine rings is 2. The Balaban J connectivity index is 1.23. The minimum atomic E-state index is 0.836. The SMILES string of the molecule is Cc1cccc(C)c1N(c1cccc(-c2cccc3c2sc2ccccc23)n1)c1cccc(-c2cccc3c2sc2ccccc23)n1. The number of aryl methyl sites for hydroxylation is 2. The largest absolute Gasteiger partial charge is 0.278 e. The smallest absolute Gasteiger partial charge is 0.139 e. The first-order chi connectivity index (χ1) is 23.1. The van der Waals surface area contributed by atoms with Crippen molar-refractivity contribution in [2.75, 3.05) is 4.90 Å². The Morgan fingerprint density at radius 3 is 1.36 bits per heavy atom. The fourth-order valence-corrected chi connectivity index (χ4v) is 9.25. The van der Waals surface area contributed by atoms with Gasteiger partial charge in [0, 0.05) is 51.5 Å². The van der Waals surface area contributed by atoms with E-state index in [1.165, 1.54) is 51.5 Å². The van der Waals surface area contributed by atoms with E-state index < -0.39 is 0 Å². The van der Waals surface area contributed by atoms with Crippen LogP contribution in [0, 0.1) is 13.8 Å². The predicted molar refractivity (Wildman–Crippen MR) is 203 cm³/mol. The van der Waals surface area contributed by atoms with Gasteiger partial charge in [0.1, 0.15) is 11.6 Å². The molecule has 0 aliphatic rings. The van der Waals surface area contributed by atoms with Crippen LogP contribution in [-0.4, -0.2) is 9.97 Å². The third-order valence-electron chi connectivity index (χ3n) is 8.95. The average molecular weight is 640 g/mol. The molecule has 0 saturated heterocycles. The van der Waals surface area contributed by atoms with Gasteiger partial charge in [-0.3, -0.25) is 4.90 Å². The Hall–Kier alpha value is -5.36. The van der Waals surface area contributed by atoms with Crippen molar-refractivity contribution in [3.63, 3.8) is 0 Å². The summed E-state index contributed by atoms with van der Waals surface area (Å²) in [6.45, 7) is 4.33. The highest BCUT2D eigenvalue weighted by atomic mass is 32.1. The van der Waals surface area contributed by atoms with Crippen molar-refractivity contribution in [2.45, 2.75) is 13.8 Å². The van der Waals surface area contributed by atoms with Crippen LogP contribution in [0.5, 0.6) is 0 Å². The summed E-state index contributed by atoms with van der Waals surface area (Å²) < 4.78 is 5.10. The van der Waals surface area contributed by atoms with Crippen LogP contribution in [0.15, 0.2) is 140 Å². The Labute approximate surface area is 281 Å². The molecular formula is C42H29N3S2. The van der Waals surface area contributed by atoms with Gasteiger partial charge in [0.25, 0.3) is 0 Å². The number of aromatic nitrogens is 2. The number of benzene rings is 5. The maximum atomic E-state index is 5.37. The van der Waals surface area contributed by atoms with Gasteiger partial charge in [-0.1, -0.05) is 103 Å². The molecule has 0 amide bonds. The molecule has 0 bridgehead atoms. The molecule has 0 N–H and O–H groups in total. The van der Waals surface area contributed by atoms with Crippen LogP contribution in [0.3, 0.4) is 0 Å². The lowest BCUT2D eigenvalue weighted by molar-refractivity contribution is 1.11. The summed E-state index contributed by atoms with van der Waals surface area (Å²) in [5.41, 5.74) is 7.62. The van der Waals surface area contributed by atoms with Crippen LogP contribution in [0.1, 0.15) is 11.1 Å². The zero-order valence-electron chi connectivity index (χ0n) is 25.9. The Bertz CT molecular complexity index is 2450. The van der Waals surface area contributed by atoms with E-state index in [0.29, 0.717) is 0 Å². The highest BCUT2D eigenvalue weighted by Gasteiger charge is 2.21. The quantitative estimate of drug-likeness (QED) is 0.188. The molecule has 47 heavy (non-hydrogen) atoms. The third-order valence-corrected chi connectivity index (χ3v) is 11.4. The summed E-state index contributed by atoms with van der Waals surface area (Å²) in [5.74, 6) is 1.67. The minimum Gasteiger partial charge on any atom is -0.278 e. The lowest BCUT2D eigenvalue weighted by Crippen LogP contribution is -2.16. The first-order valence-corrected chi connectivity index (χ1v) is 17.4. The molecule has 0 saturated carbocycles. The van der Waals surface area contributed by atoms with E-state index in [1.54, 1.807) is 0 Å². The van der Waals surface area contributed by atoms with Gasteiger partial charge in [-0.25, -0.2) is 9.97 Å². The summed E-state index contributed by atoms with van der Waals surface area (Å²) >= 11 is 3.66. The second kappa shape index (κ2) is 11.2. The van der Waals surface area contributed by atoms with E-state index in [-0.39, 0.29) is 0 Å². The first-order valence-electron chi connectivity index (χ1n) is 15.8. The zero-order chi connectivity index (χ0) is 31.5. The molecule has 0 aliphatic carbocycles. The highest BCUT2D eigenvalue weighted by molar-refractivity contribution is 7.26. The van der Waals surface area contributed by atoms with E-state index in [1.807, 2.05) is 22.7 Å². The molecule has 0 fully saturated rings. The number of rotatable bonds is 5. The molecule has 3 nitrogen and oxygen atoms in total. The van der Waals surface area contributed by atoms with E-state index in [9.17, 15) is 0 Å². The summed E-state index contributed by atoms with van der Waals surface area (Å²) in [7, 11) is 0. The number of para-hydroxylation sites is 1. The number of anilines is 3. The van der Waals surface area contributed by atoms with Crippen molar-refractivity contribution < 1.29 is 0 Å². The fraction of sp³-hybridized carbons (Fsp3) is 0.0476. The van der Waals surface area contributed by atoms with E-state index in [2.05, 4.69) is 158 Å². The monoisotopic (exact) mass is 639 g/mol. The Morgan fingerprint density at radius 2 is 0.851 bits per heavy atom. The highest BCUT2D eigenvalue weighted by Crippen LogP contribution is 2.43. The number of thiophene rings is 2.